The molecule has 4 nitrogen and oxygen atoms in total. The third-order valence-electron chi connectivity index (χ3n) is 1.83. The number of carbonyl (C=O) groups excluding carboxylic acids is 1. The second kappa shape index (κ2) is 5.01. The summed E-state index contributed by atoms with van der Waals surface area (Å²) in [6.45, 7) is 1.50. The molecule has 0 atom stereocenters. The molecule has 0 unspecified atom stereocenters. The van der Waals surface area contributed by atoms with E-state index in [0.717, 1.165) is 13.1 Å². The highest BCUT2D eigenvalue weighted by molar-refractivity contribution is 7.85. The molecule has 0 bridgehead atoms. The Balaban J connectivity index is 2.33. The topological polar surface area (TPSA) is 46.6 Å². The Labute approximate surface area is 80.0 Å². The lowest BCUT2D eigenvalue weighted by Crippen LogP contribution is -2.33. The van der Waals surface area contributed by atoms with Crippen LogP contribution < -0.4 is 0 Å². The quantitative estimate of drug-likeness (QED) is 0.458. The van der Waals surface area contributed by atoms with Crippen molar-refractivity contribution < 1.29 is 13.7 Å². The molecule has 5 heteroatoms. The predicted molar refractivity (Wildman–Crippen MR) is 50.6 cm³/mol. The molecule has 74 valence electrons. The third-order valence-corrected chi connectivity index (χ3v) is 3.11. The predicted octanol–water partition coefficient (Wildman–Crippen LogP) is -0.263. The van der Waals surface area contributed by atoms with Gasteiger partial charge < -0.3 is 9.64 Å². The molecule has 1 rings (SSSR count). The van der Waals surface area contributed by atoms with Crippen LogP contribution >= 0.6 is 0 Å². The first kappa shape index (κ1) is 10.2. The van der Waals surface area contributed by atoms with Gasteiger partial charge >= 0.3 is 5.97 Å². The van der Waals surface area contributed by atoms with E-state index in [0.29, 0.717) is 11.5 Å². The summed E-state index contributed by atoms with van der Waals surface area (Å²) in [5, 5.41) is 0. The second-order valence-corrected chi connectivity index (χ2v) is 4.42. The summed E-state index contributed by atoms with van der Waals surface area (Å²) in [6.07, 6.45) is 3.08. The normalized spacial score (nSPS) is 19.3. The second-order valence-electron chi connectivity index (χ2n) is 2.72. The van der Waals surface area contributed by atoms with Gasteiger partial charge in [0.25, 0.3) is 0 Å². The number of carbonyl (C=O) groups is 1. The zero-order valence-electron chi connectivity index (χ0n) is 7.56. The fourth-order valence-electron chi connectivity index (χ4n) is 1.04. The largest absolute Gasteiger partial charge is 0.466 e. The molecule has 0 aromatic heterocycles. The third kappa shape index (κ3) is 3.59. The molecule has 1 saturated heterocycles. The van der Waals surface area contributed by atoms with Gasteiger partial charge in [0.2, 0.25) is 0 Å². The van der Waals surface area contributed by atoms with Crippen molar-refractivity contribution in [2.45, 2.75) is 0 Å². The van der Waals surface area contributed by atoms with Crippen molar-refractivity contribution in [3.05, 3.63) is 12.3 Å². The zero-order valence-corrected chi connectivity index (χ0v) is 8.38. The summed E-state index contributed by atoms with van der Waals surface area (Å²) in [4.78, 5) is 12.7. The van der Waals surface area contributed by atoms with Gasteiger partial charge in [-0.2, -0.15) is 0 Å². The van der Waals surface area contributed by atoms with Crippen LogP contribution in [0.3, 0.4) is 0 Å². The molecule has 0 spiro atoms. The molecule has 0 saturated carbocycles. The smallest absolute Gasteiger partial charge is 0.331 e. The van der Waals surface area contributed by atoms with Crippen molar-refractivity contribution in [2.24, 2.45) is 0 Å². The van der Waals surface area contributed by atoms with Crippen molar-refractivity contribution in [2.75, 3.05) is 31.7 Å². The van der Waals surface area contributed by atoms with Crippen LogP contribution in [0.5, 0.6) is 0 Å². The average molecular weight is 203 g/mol. The number of methoxy groups -OCH3 is 1. The van der Waals surface area contributed by atoms with E-state index in [9.17, 15) is 9.00 Å². The molecule has 0 N–H and O–H groups in total. The van der Waals surface area contributed by atoms with Crippen molar-refractivity contribution in [3.63, 3.8) is 0 Å². The van der Waals surface area contributed by atoms with Crippen molar-refractivity contribution in [1.82, 2.24) is 4.90 Å². The van der Waals surface area contributed by atoms with Crippen molar-refractivity contribution in [3.8, 4) is 0 Å². The maximum Gasteiger partial charge on any atom is 0.331 e. The fraction of sp³-hybridized carbons (Fsp3) is 0.625. The van der Waals surface area contributed by atoms with Gasteiger partial charge in [-0.25, -0.2) is 4.79 Å². The SMILES string of the molecule is COC(=O)/C=C/N1CCS(=O)CC1. The van der Waals surface area contributed by atoms with E-state index in [2.05, 4.69) is 4.74 Å². The fourth-order valence-corrected chi connectivity index (χ4v) is 2.12. The first-order valence-corrected chi connectivity index (χ1v) is 5.56. The number of esters is 1. The van der Waals surface area contributed by atoms with Gasteiger partial charge in [-0.05, 0) is 0 Å². The van der Waals surface area contributed by atoms with Gasteiger partial charge in [0.15, 0.2) is 0 Å². The van der Waals surface area contributed by atoms with Crippen LogP contribution in [0.4, 0.5) is 0 Å². The van der Waals surface area contributed by atoms with Crippen LogP contribution in [-0.2, 0) is 20.3 Å². The molecular weight excluding hydrogens is 190 g/mol. The Morgan fingerprint density at radius 2 is 2.08 bits per heavy atom. The van der Waals surface area contributed by atoms with Gasteiger partial charge in [-0.15, -0.1) is 0 Å². The van der Waals surface area contributed by atoms with Crippen LogP contribution in [-0.4, -0.2) is 46.8 Å². The van der Waals surface area contributed by atoms with E-state index in [-0.39, 0.29) is 5.97 Å². The Hall–Kier alpha value is -0.840. The minimum atomic E-state index is -0.669. The van der Waals surface area contributed by atoms with E-state index in [4.69, 9.17) is 0 Å². The number of hydrogen-bond acceptors (Lipinski definition) is 4. The maximum absolute atomic E-state index is 11.0. The Morgan fingerprint density at radius 1 is 1.46 bits per heavy atom. The number of hydrogen-bond donors (Lipinski definition) is 0. The Morgan fingerprint density at radius 3 is 2.62 bits per heavy atom. The van der Waals surface area contributed by atoms with Gasteiger partial charge in [-0.1, -0.05) is 0 Å². The molecule has 0 aromatic rings. The highest BCUT2D eigenvalue weighted by Gasteiger charge is 2.11. The summed E-state index contributed by atoms with van der Waals surface area (Å²) in [5.74, 6) is 1.02. The van der Waals surface area contributed by atoms with E-state index >= 15 is 0 Å². The number of ether oxygens (including phenoxy) is 1. The van der Waals surface area contributed by atoms with Crippen molar-refractivity contribution in [1.29, 1.82) is 0 Å². The molecule has 1 heterocycles. The van der Waals surface area contributed by atoms with Crippen LogP contribution in [0.25, 0.3) is 0 Å². The molecule has 1 aliphatic heterocycles. The number of rotatable bonds is 2. The Bertz CT molecular complexity index is 230. The van der Waals surface area contributed by atoms with E-state index in [1.54, 1.807) is 6.20 Å². The summed E-state index contributed by atoms with van der Waals surface area (Å²) >= 11 is 0. The van der Waals surface area contributed by atoms with Crippen LogP contribution in [0.15, 0.2) is 12.3 Å². The van der Waals surface area contributed by atoms with Gasteiger partial charge in [0.05, 0.1) is 7.11 Å². The molecule has 13 heavy (non-hydrogen) atoms. The first-order valence-electron chi connectivity index (χ1n) is 4.07. The lowest BCUT2D eigenvalue weighted by Gasteiger charge is -2.24. The van der Waals surface area contributed by atoms with Crippen LogP contribution in [0, 0.1) is 0 Å². The van der Waals surface area contributed by atoms with E-state index in [1.165, 1.54) is 13.2 Å². The molecule has 1 fully saturated rings. The minimum absolute atomic E-state index is 0.355. The monoisotopic (exact) mass is 203 g/mol. The lowest BCUT2D eigenvalue weighted by atomic mass is 10.5. The van der Waals surface area contributed by atoms with Crippen LogP contribution in [0.2, 0.25) is 0 Å². The van der Waals surface area contributed by atoms with Gasteiger partial charge in [0, 0.05) is 47.7 Å². The molecular formula is C8H13NO3S. The van der Waals surface area contributed by atoms with Gasteiger partial charge in [-0.3, -0.25) is 4.21 Å². The summed E-state index contributed by atoms with van der Waals surface area (Å²) in [5.41, 5.74) is 0. The first-order chi connectivity index (χ1) is 6.22. The average Bonchev–Trinajstić information content (AvgIpc) is 2.16. The number of nitrogens with zero attached hydrogens (tertiary/aromatic N) is 1. The molecule has 0 radical (unpaired) electrons. The van der Waals surface area contributed by atoms with E-state index in [1.807, 2.05) is 4.90 Å². The van der Waals surface area contributed by atoms with E-state index < -0.39 is 10.8 Å². The molecule has 0 aliphatic carbocycles. The highest BCUT2D eigenvalue weighted by atomic mass is 32.2. The summed E-state index contributed by atoms with van der Waals surface area (Å²) in [7, 11) is 0.676. The molecule has 1 aliphatic rings. The van der Waals surface area contributed by atoms with Crippen LogP contribution in [0.1, 0.15) is 0 Å². The highest BCUT2D eigenvalue weighted by Crippen LogP contribution is 2.00. The zero-order chi connectivity index (χ0) is 9.68. The lowest BCUT2D eigenvalue weighted by molar-refractivity contribution is -0.134. The summed E-state index contributed by atoms with van der Waals surface area (Å²) < 4.78 is 15.4. The standard InChI is InChI=1S/C8H13NO3S/c1-12-8(10)2-3-9-4-6-13(11)7-5-9/h2-3H,4-7H2,1H3/b3-2+. The summed E-state index contributed by atoms with van der Waals surface area (Å²) in [6, 6.07) is 0. The maximum atomic E-state index is 11.0. The van der Waals surface area contributed by atoms with Gasteiger partial charge in [0.1, 0.15) is 0 Å². The molecule has 0 aromatic carbocycles. The minimum Gasteiger partial charge on any atom is -0.466 e. The van der Waals surface area contributed by atoms with Crippen molar-refractivity contribution >= 4 is 16.8 Å². The molecule has 0 amide bonds. The Kier molecular flexibility index (Phi) is 3.95.